The second-order valence-corrected chi connectivity index (χ2v) is 12.3. The van der Waals surface area contributed by atoms with E-state index in [2.05, 4.69) is 5.32 Å². The molecule has 0 aromatic heterocycles. The van der Waals surface area contributed by atoms with Gasteiger partial charge in [-0.15, -0.1) is 0 Å². The molecule has 0 saturated heterocycles. The number of nitrogens with one attached hydrogen (secondary N) is 1. The Morgan fingerprint density at radius 2 is 1.72 bits per heavy atom. The molecule has 4 atom stereocenters. The van der Waals surface area contributed by atoms with Gasteiger partial charge in [0.05, 0.1) is 36.8 Å². The highest BCUT2D eigenvalue weighted by atomic mass is 16.5. The van der Waals surface area contributed by atoms with Gasteiger partial charge < -0.3 is 29.7 Å². The fourth-order valence-electron chi connectivity index (χ4n) is 5.60. The van der Waals surface area contributed by atoms with Crippen molar-refractivity contribution in [2.75, 3.05) is 38.7 Å². The van der Waals surface area contributed by atoms with Crippen LogP contribution in [0.1, 0.15) is 66.3 Å². The highest BCUT2D eigenvalue weighted by Gasteiger charge is 2.31. The molecule has 0 fully saturated rings. The van der Waals surface area contributed by atoms with Crippen LogP contribution in [0.15, 0.2) is 78.9 Å². The molecule has 0 saturated carbocycles. The van der Waals surface area contributed by atoms with Crippen molar-refractivity contribution in [3.05, 3.63) is 95.6 Å². The van der Waals surface area contributed by atoms with Crippen molar-refractivity contribution in [1.82, 2.24) is 9.80 Å². The number of carbonyl (C=O) groups excluding carboxylic acids is 3. The third-order valence-electron chi connectivity index (χ3n) is 8.36. The number of carbonyl (C=O) groups is 3. The van der Waals surface area contributed by atoms with Crippen molar-refractivity contribution in [2.45, 2.75) is 64.7 Å². The number of aliphatic hydroxyl groups is 1. The summed E-state index contributed by atoms with van der Waals surface area (Å²) in [5, 5.41) is 13.1. The lowest BCUT2D eigenvalue weighted by Crippen LogP contribution is -2.48. The summed E-state index contributed by atoms with van der Waals surface area (Å²) in [6.45, 7) is 6.67. The van der Waals surface area contributed by atoms with Crippen LogP contribution in [0.3, 0.4) is 0 Å². The monoisotopic (exact) mass is 629 g/mol. The number of amides is 3. The molecule has 9 heteroatoms. The van der Waals surface area contributed by atoms with Crippen LogP contribution in [0.5, 0.6) is 5.75 Å². The smallest absolute Gasteiger partial charge is 0.258 e. The fourth-order valence-corrected chi connectivity index (χ4v) is 5.60. The number of rotatable bonds is 8. The molecule has 0 radical (unpaired) electrons. The van der Waals surface area contributed by atoms with Gasteiger partial charge in [0.25, 0.3) is 11.8 Å². The lowest BCUT2D eigenvalue weighted by molar-refractivity contribution is -0.115. The number of ether oxygens (including phenoxy) is 2. The van der Waals surface area contributed by atoms with Crippen LogP contribution in [0.2, 0.25) is 0 Å². The first-order valence-electron chi connectivity index (χ1n) is 16.1. The molecule has 1 aliphatic heterocycles. The maximum absolute atomic E-state index is 14.3. The normalized spacial score (nSPS) is 20.1. The molecule has 3 amide bonds. The number of nitrogens with zero attached hydrogens (tertiary/aromatic N) is 2. The summed E-state index contributed by atoms with van der Waals surface area (Å²) >= 11 is 0. The Morgan fingerprint density at radius 1 is 1.02 bits per heavy atom. The van der Waals surface area contributed by atoms with Gasteiger partial charge in [-0.1, -0.05) is 55.5 Å². The zero-order chi connectivity index (χ0) is 33.1. The van der Waals surface area contributed by atoms with E-state index in [9.17, 15) is 19.5 Å². The van der Waals surface area contributed by atoms with E-state index in [1.165, 1.54) is 0 Å². The van der Waals surface area contributed by atoms with E-state index in [4.69, 9.17) is 9.47 Å². The Labute approximate surface area is 272 Å². The van der Waals surface area contributed by atoms with E-state index >= 15 is 0 Å². The zero-order valence-electron chi connectivity index (χ0n) is 27.4. The Kier molecular flexibility index (Phi) is 12.7. The average molecular weight is 630 g/mol. The van der Waals surface area contributed by atoms with Gasteiger partial charge in [-0.05, 0) is 69.0 Å². The molecular weight excluding hydrogens is 582 g/mol. The fraction of sp³-hybridized carbons (Fsp3) is 0.432. The van der Waals surface area contributed by atoms with E-state index in [0.29, 0.717) is 35.7 Å². The molecule has 0 aliphatic carbocycles. The second kappa shape index (κ2) is 16.9. The van der Waals surface area contributed by atoms with Gasteiger partial charge in [0, 0.05) is 43.9 Å². The highest BCUT2D eigenvalue weighted by molar-refractivity contribution is 6.00. The molecule has 2 N–H and O–H groups in total. The van der Waals surface area contributed by atoms with Crippen molar-refractivity contribution < 1.29 is 29.0 Å². The minimum absolute atomic E-state index is 0.103. The third kappa shape index (κ3) is 9.64. The summed E-state index contributed by atoms with van der Waals surface area (Å²) in [5.74, 6) is -0.367. The van der Waals surface area contributed by atoms with Gasteiger partial charge in [-0.3, -0.25) is 14.4 Å². The Hall–Kier alpha value is -4.21. The minimum Gasteiger partial charge on any atom is -0.490 e. The lowest BCUT2D eigenvalue weighted by atomic mass is 10.0. The highest BCUT2D eigenvalue weighted by Crippen LogP contribution is 2.28. The van der Waals surface area contributed by atoms with E-state index < -0.39 is 6.04 Å². The number of anilines is 1. The summed E-state index contributed by atoms with van der Waals surface area (Å²) in [5.41, 5.74) is 2.28. The molecule has 246 valence electrons. The van der Waals surface area contributed by atoms with Crippen molar-refractivity contribution >= 4 is 23.4 Å². The van der Waals surface area contributed by atoms with Crippen molar-refractivity contribution in [2.24, 2.45) is 5.92 Å². The number of hydrogen-bond acceptors (Lipinski definition) is 6. The first-order chi connectivity index (χ1) is 22.2. The first-order valence-corrected chi connectivity index (χ1v) is 16.1. The predicted molar refractivity (Wildman–Crippen MR) is 179 cm³/mol. The molecule has 46 heavy (non-hydrogen) atoms. The van der Waals surface area contributed by atoms with Gasteiger partial charge in [0.1, 0.15) is 5.75 Å². The van der Waals surface area contributed by atoms with E-state index in [0.717, 1.165) is 24.8 Å². The van der Waals surface area contributed by atoms with Crippen molar-refractivity contribution in [3.63, 3.8) is 0 Å². The number of benzene rings is 3. The molecule has 0 bridgehead atoms. The molecule has 1 heterocycles. The summed E-state index contributed by atoms with van der Waals surface area (Å²) in [4.78, 5) is 43.7. The minimum atomic E-state index is -0.506. The molecule has 0 unspecified atom stereocenters. The summed E-state index contributed by atoms with van der Waals surface area (Å²) in [6.07, 6.45) is 2.14. The number of fused-ring (bicyclic) bond motifs is 1. The van der Waals surface area contributed by atoms with Crippen LogP contribution in [0.25, 0.3) is 0 Å². The van der Waals surface area contributed by atoms with Gasteiger partial charge in [0.15, 0.2) is 0 Å². The topological polar surface area (TPSA) is 108 Å². The Morgan fingerprint density at radius 3 is 2.41 bits per heavy atom. The molecule has 4 rings (SSSR count). The van der Waals surface area contributed by atoms with E-state index in [-0.39, 0.29) is 55.4 Å². The van der Waals surface area contributed by atoms with Crippen LogP contribution in [0.4, 0.5) is 5.69 Å². The van der Waals surface area contributed by atoms with Crippen LogP contribution < -0.4 is 10.1 Å². The average Bonchev–Trinajstić information content (AvgIpc) is 3.06. The standard InChI is InChI=1S/C37H47N3O6/c1-26-23-40(27(2)25-41)37(44)32-22-31(38-35(42)21-29-14-7-5-8-15-29)18-19-33(32)46-28(3)13-11-12-20-45-34(26)24-39(4)36(43)30-16-9-6-10-17-30/h5-10,14-19,22,26-28,34,41H,11-13,20-21,23-25H2,1-4H3,(H,38,42)/t26-,27-,28-,34-/m0/s1. The number of likely N-dealkylation sites (N-methyl/N-ethyl adjacent to an activating group) is 1. The SMILES string of the molecule is C[C@H]1CCCCO[C@@H](CN(C)C(=O)c2ccccc2)[C@@H](C)CN([C@@H](C)CO)C(=O)c2cc(NC(=O)Cc3ccccc3)ccc2O1. The van der Waals surface area contributed by atoms with Gasteiger partial charge in [-0.2, -0.15) is 0 Å². The molecule has 3 aromatic carbocycles. The van der Waals surface area contributed by atoms with Crippen molar-refractivity contribution in [3.8, 4) is 5.75 Å². The first kappa shape index (κ1) is 34.7. The maximum Gasteiger partial charge on any atom is 0.258 e. The summed E-state index contributed by atoms with van der Waals surface area (Å²) < 4.78 is 12.7. The number of aliphatic hydroxyl groups excluding tert-OH is 1. The largest absolute Gasteiger partial charge is 0.490 e. The molecule has 9 nitrogen and oxygen atoms in total. The lowest BCUT2D eigenvalue weighted by Gasteiger charge is -2.36. The van der Waals surface area contributed by atoms with Crippen LogP contribution in [-0.4, -0.2) is 84.2 Å². The quantitative estimate of drug-likeness (QED) is 0.344. The number of hydrogen-bond donors (Lipinski definition) is 2. The molecule has 0 spiro atoms. The summed E-state index contributed by atoms with van der Waals surface area (Å²) in [7, 11) is 1.76. The van der Waals surface area contributed by atoms with Crippen LogP contribution >= 0.6 is 0 Å². The van der Waals surface area contributed by atoms with Gasteiger partial charge in [-0.25, -0.2) is 0 Å². The van der Waals surface area contributed by atoms with E-state index in [1.807, 2.05) is 62.4 Å². The Bertz CT molecular complexity index is 1430. The van der Waals surface area contributed by atoms with Crippen LogP contribution in [-0.2, 0) is 16.0 Å². The predicted octanol–water partition coefficient (Wildman–Crippen LogP) is 5.44. The molecular formula is C37H47N3O6. The summed E-state index contributed by atoms with van der Waals surface area (Å²) in [6, 6.07) is 23.2. The molecule has 1 aliphatic rings. The maximum atomic E-state index is 14.3. The zero-order valence-corrected chi connectivity index (χ0v) is 27.4. The van der Waals surface area contributed by atoms with Crippen molar-refractivity contribution in [1.29, 1.82) is 0 Å². The van der Waals surface area contributed by atoms with Gasteiger partial charge in [0.2, 0.25) is 5.91 Å². The third-order valence-corrected chi connectivity index (χ3v) is 8.36. The van der Waals surface area contributed by atoms with Gasteiger partial charge >= 0.3 is 0 Å². The Balaban J connectivity index is 1.60. The molecule has 3 aromatic rings. The van der Waals surface area contributed by atoms with Crippen LogP contribution in [0, 0.1) is 5.92 Å². The van der Waals surface area contributed by atoms with E-state index in [1.54, 1.807) is 54.1 Å². The second-order valence-electron chi connectivity index (χ2n) is 12.3.